The van der Waals surface area contributed by atoms with E-state index in [1.54, 1.807) is 6.07 Å². The summed E-state index contributed by atoms with van der Waals surface area (Å²) in [4.78, 5) is 19.0. The van der Waals surface area contributed by atoms with E-state index < -0.39 is 11.4 Å². The van der Waals surface area contributed by atoms with Crippen molar-refractivity contribution in [3.63, 3.8) is 0 Å². The molecule has 3 rings (SSSR count). The molecule has 1 heterocycles. The van der Waals surface area contributed by atoms with Crippen LogP contribution in [0.15, 0.2) is 58.3 Å². The Kier molecular flexibility index (Phi) is 5.09. The number of aromatic amines is 1. The molecule has 2 aromatic carbocycles. The van der Waals surface area contributed by atoms with Crippen LogP contribution in [0.2, 0.25) is 0 Å². The molecule has 0 aliphatic heterocycles. The summed E-state index contributed by atoms with van der Waals surface area (Å²) in [5.41, 5.74) is 1.61. The van der Waals surface area contributed by atoms with E-state index in [1.165, 1.54) is 35.0 Å². The summed E-state index contributed by atoms with van der Waals surface area (Å²) < 4.78 is 14.4. The minimum atomic E-state index is -0.554. The van der Waals surface area contributed by atoms with E-state index in [9.17, 15) is 14.3 Å². The van der Waals surface area contributed by atoms with Crippen molar-refractivity contribution in [1.29, 1.82) is 0 Å². The third-order valence-corrected chi connectivity index (χ3v) is 4.15. The normalized spacial score (nSPS) is 11.2. The van der Waals surface area contributed by atoms with Gasteiger partial charge in [-0.25, -0.2) is 4.39 Å². The fourth-order valence-corrected chi connectivity index (χ4v) is 2.76. The third kappa shape index (κ3) is 3.62. The molecule has 0 saturated heterocycles. The van der Waals surface area contributed by atoms with Crippen LogP contribution in [0.5, 0.6) is 5.88 Å². The average Bonchev–Trinajstić information content (AvgIpc) is 2.63. The number of rotatable bonds is 4. The van der Waals surface area contributed by atoms with Gasteiger partial charge in [0.1, 0.15) is 11.4 Å². The van der Waals surface area contributed by atoms with Crippen molar-refractivity contribution < 1.29 is 9.50 Å². The van der Waals surface area contributed by atoms with Crippen LogP contribution in [-0.4, -0.2) is 20.9 Å². The SMILES string of the molecule is CCc1cccc(N=Cc2c(O)n(-c3ccc(F)cc3)c(=S)[nH]c2=O)c1. The zero-order chi connectivity index (χ0) is 18.7. The van der Waals surface area contributed by atoms with Gasteiger partial charge in [-0.3, -0.25) is 19.3 Å². The highest BCUT2D eigenvalue weighted by atomic mass is 32.1. The lowest BCUT2D eigenvalue weighted by Crippen LogP contribution is -2.18. The summed E-state index contributed by atoms with van der Waals surface area (Å²) >= 11 is 5.12. The fraction of sp³-hybridized carbons (Fsp3) is 0.105. The van der Waals surface area contributed by atoms with Gasteiger partial charge in [0, 0.05) is 6.21 Å². The van der Waals surface area contributed by atoms with Crippen LogP contribution < -0.4 is 5.56 Å². The summed E-state index contributed by atoms with van der Waals surface area (Å²) in [6.45, 7) is 2.04. The maximum Gasteiger partial charge on any atom is 0.264 e. The molecule has 26 heavy (non-hydrogen) atoms. The number of aliphatic imine (C=N–C) groups is 1. The lowest BCUT2D eigenvalue weighted by Gasteiger charge is -2.11. The molecule has 0 radical (unpaired) electrons. The Hall–Kier alpha value is -3.06. The predicted molar refractivity (Wildman–Crippen MR) is 102 cm³/mol. The van der Waals surface area contributed by atoms with Crippen molar-refractivity contribution in [2.75, 3.05) is 0 Å². The monoisotopic (exact) mass is 369 g/mol. The van der Waals surface area contributed by atoms with Gasteiger partial charge < -0.3 is 5.11 Å². The van der Waals surface area contributed by atoms with Gasteiger partial charge in [-0.05, 0) is 60.6 Å². The summed E-state index contributed by atoms with van der Waals surface area (Å²) in [5.74, 6) is -0.775. The molecule has 7 heteroatoms. The van der Waals surface area contributed by atoms with Gasteiger partial charge in [0.15, 0.2) is 4.77 Å². The van der Waals surface area contributed by atoms with Gasteiger partial charge in [-0.1, -0.05) is 19.1 Å². The highest BCUT2D eigenvalue weighted by Gasteiger charge is 2.12. The summed E-state index contributed by atoms with van der Waals surface area (Å²) in [7, 11) is 0. The largest absolute Gasteiger partial charge is 0.494 e. The molecular formula is C19H16FN3O2S. The number of halogens is 1. The second-order valence-corrected chi connectivity index (χ2v) is 5.98. The summed E-state index contributed by atoms with van der Waals surface area (Å²) in [6, 6.07) is 13.0. The van der Waals surface area contributed by atoms with E-state index in [1.807, 2.05) is 25.1 Å². The smallest absolute Gasteiger partial charge is 0.264 e. The standard InChI is InChI=1S/C19H16FN3O2S/c1-2-12-4-3-5-14(10-12)21-11-16-17(24)22-19(26)23(18(16)25)15-8-6-13(20)7-9-15/h3-11,25H,2H2,1H3,(H,22,24,26). The molecule has 0 spiro atoms. The Balaban J connectivity index is 2.09. The Morgan fingerprint density at radius 2 is 2.00 bits per heavy atom. The van der Waals surface area contributed by atoms with Crippen molar-refractivity contribution in [3.05, 3.63) is 80.6 Å². The van der Waals surface area contributed by atoms with E-state index in [-0.39, 0.29) is 16.2 Å². The van der Waals surface area contributed by atoms with Gasteiger partial charge in [-0.15, -0.1) is 0 Å². The molecule has 5 nitrogen and oxygen atoms in total. The molecule has 0 amide bonds. The van der Waals surface area contributed by atoms with Crippen molar-refractivity contribution >= 4 is 24.1 Å². The number of hydrogen-bond donors (Lipinski definition) is 2. The highest BCUT2D eigenvalue weighted by Crippen LogP contribution is 2.20. The average molecular weight is 369 g/mol. The number of aromatic hydroxyl groups is 1. The lowest BCUT2D eigenvalue weighted by atomic mass is 10.1. The Morgan fingerprint density at radius 3 is 2.69 bits per heavy atom. The summed E-state index contributed by atoms with van der Waals surface area (Å²) in [5, 5.41) is 10.5. The van der Waals surface area contributed by atoms with Gasteiger partial charge in [0.05, 0.1) is 11.4 Å². The number of nitrogens with zero attached hydrogens (tertiary/aromatic N) is 2. The minimum Gasteiger partial charge on any atom is -0.494 e. The van der Waals surface area contributed by atoms with E-state index in [0.29, 0.717) is 11.4 Å². The number of hydrogen-bond acceptors (Lipinski definition) is 4. The van der Waals surface area contributed by atoms with Crippen LogP contribution in [0.3, 0.4) is 0 Å². The first kappa shape index (κ1) is 17.8. The Labute approximate surface area is 154 Å². The number of aryl methyl sites for hydroxylation is 1. The van der Waals surface area contributed by atoms with E-state index in [2.05, 4.69) is 9.98 Å². The molecule has 0 aliphatic rings. The van der Waals surface area contributed by atoms with Crippen LogP contribution in [0.25, 0.3) is 5.69 Å². The van der Waals surface area contributed by atoms with Gasteiger partial charge in [0.25, 0.3) is 5.56 Å². The molecule has 0 unspecified atom stereocenters. The Bertz CT molecular complexity index is 1090. The van der Waals surface area contributed by atoms with E-state index >= 15 is 0 Å². The van der Waals surface area contributed by atoms with Crippen LogP contribution in [0, 0.1) is 10.6 Å². The number of aromatic nitrogens is 2. The van der Waals surface area contributed by atoms with Gasteiger partial charge >= 0.3 is 0 Å². The fourth-order valence-electron chi connectivity index (χ4n) is 2.48. The summed E-state index contributed by atoms with van der Waals surface area (Å²) in [6.07, 6.45) is 2.15. The maximum absolute atomic E-state index is 13.1. The zero-order valence-electron chi connectivity index (χ0n) is 13.9. The van der Waals surface area contributed by atoms with Crippen molar-refractivity contribution in [2.24, 2.45) is 4.99 Å². The second-order valence-electron chi connectivity index (χ2n) is 5.59. The third-order valence-electron chi connectivity index (χ3n) is 3.87. The van der Waals surface area contributed by atoms with Gasteiger partial charge in [-0.2, -0.15) is 0 Å². The molecule has 3 aromatic rings. The quantitative estimate of drug-likeness (QED) is 0.538. The van der Waals surface area contributed by atoms with Crippen LogP contribution >= 0.6 is 12.2 Å². The highest BCUT2D eigenvalue weighted by molar-refractivity contribution is 7.71. The van der Waals surface area contributed by atoms with E-state index in [0.717, 1.165) is 12.0 Å². The minimum absolute atomic E-state index is 0.00392. The topological polar surface area (TPSA) is 70.4 Å². The first-order valence-electron chi connectivity index (χ1n) is 7.97. The van der Waals surface area contributed by atoms with Crippen LogP contribution in [-0.2, 0) is 6.42 Å². The van der Waals surface area contributed by atoms with Crippen molar-refractivity contribution in [1.82, 2.24) is 9.55 Å². The first-order valence-corrected chi connectivity index (χ1v) is 8.37. The number of nitrogens with one attached hydrogen (secondary N) is 1. The number of H-pyrrole nitrogens is 1. The van der Waals surface area contributed by atoms with Crippen LogP contribution in [0.4, 0.5) is 10.1 Å². The molecule has 132 valence electrons. The molecule has 0 aliphatic carbocycles. The van der Waals surface area contributed by atoms with Crippen molar-refractivity contribution in [3.8, 4) is 11.6 Å². The first-order chi connectivity index (χ1) is 12.5. The molecule has 0 atom stereocenters. The molecule has 1 aromatic heterocycles. The van der Waals surface area contributed by atoms with Crippen molar-refractivity contribution in [2.45, 2.75) is 13.3 Å². The van der Waals surface area contributed by atoms with Gasteiger partial charge in [0.2, 0.25) is 5.88 Å². The van der Waals surface area contributed by atoms with Crippen LogP contribution in [0.1, 0.15) is 18.1 Å². The molecule has 2 N–H and O–H groups in total. The maximum atomic E-state index is 13.1. The number of benzene rings is 2. The second kappa shape index (κ2) is 7.45. The molecular weight excluding hydrogens is 353 g/mol. The predicted octanol–water partition coefficient (Wildman–Crippen LogP) is 4.05. The Morgan fingerprint density at radius 1 is 1.27 bits per heavy atom. The lowest BCUT2D eigenvalue weighted by molar-refractivity contribution is 0.432. The zero-order valence-corrected chi connectivity index (χ0v) is 14.8. The van der Waals surface area contributed by atoms with E-state index in [4.69, 9.17) is 12.2 Å². The molecule has 0 fully saturated rings. The molecule has 0 saturated carbocycles. The molecule has 0 bridgehead atoms.